The molecule has 0 aliphatic carbocycles. The van der Waals surface area contributed by atoms with E-state index in [2.05, 4.69) is 52.8 Å². The second kappa shape index (κ2) is 11.3. The van der Waals surface area contributed by atoms with Crippen molar-refractivity contribution >= 4 is 47.1 Å². The van der Waals surface area contributed by atoms with Crippen LogP contribution in [0.25, 0.3) is 0 Å². The lowest BCUT2D eigenvalue weighted by Crippen LogP contribution is -2.39. The minimum atomic E-state index is 0. The van der Waals surface area contributed by atoms with Gasteiger partial charge in [0.05, 0.1) is 6.54 Å². The molecule has 2 aromatic heterocycles. The number of nitrogens with zero attached hydrogens (tertiary/aromatic N) is 4. The molecule has 138 valence electrons. The van der Waals surface area contributed by atoms with Crippen molar-refractivity contribution in [2.45, 2.75) is 19.9 Å². The molecule has 0 saturated heterocycles. The van der Waals surface area contributed by atoms with Gasteiger partial charge in [0.15, 0.2) is 5.96 Å². The molecule has 0 spiro atoms. The zero-order chi connectivity index (χ0) is 17.4. The van der Waals surface area contributed by atoms with Gasteiger partial charge >= 0.3 is 0 Å². The SMILES string of the molecule is CCNC(=NCc1ccnc(N(C)C)c1)N(C)CCc1cccs1.I. The third-order valence-electron chi connectivity index (χ3n) is 3.65. The average molecular weight is 473 g/mol. The fourth-order valence-corrected chi connectivity index (χ4v) is 2.98. The van der Waals surface area contributed by atoms with E-state index in [1.807, 2.05) is 31.3 Å². The van der Waals surface area contributed by atoms with Crippen LogP contribution in [-0.2, 0) is 13.0 Å². The molecule has 0 radical (unpaired) electrons. The van der Waals surface area contributed by atoms with Crippen molar-refractivity contribution < 1.29 is 0 Å². The Kier molecular flexibility index (Phi) is 9.81. The number of anilines is 1. The molecule has 0 aliphatic heterocycles. The van der Waals surface area contributed by atoms with Gasteiger partial charge in [0.25, 0.3) is 0 Å². The summed E-state index contributed by atoms with van der Waals surface area (Å²) in [6.45, 7) is 4.56. The van der Waals surface area contributed by atoms with E-state index >= 15 is 0 Å². The Morgan fingerprint density at radius 2 is 2.08 bits per heavy atom. The summed E-state index contributed by atoms with van der Waals surface area (Å²) in [7, 11) is 6.09. The van der Waals surface area contributed by atoms with E-state index in [1.54, 1.807) is 11.3 Å². The highest BCUT2D eigenvalue weighted by molar-refractivity contribution is 14.0. The number of aliphatic imine (C=N–C) groups is 1. The molecule has 2 rings (SSSR count). The smallest absolute Gasteiger partial charge is 0.193 e. The lowest BCUT2D eigenvalue weighted by Gasteiger charge is -2.22. The highest BCUT2D eigenvalue weighted by Crippen LogP contribution is 2.11. The molecule has 2 heterocycles. The molecule has 7 heteroatoms. The van der Waals surface area contributed by atoms with Crippen molar-refractivity contribution in [3.8, 4) is 0 Å². The monoisotopic (exact) mass is 473 g/mol. The predicted molar refractivity (Wildman–Crippen MR) is 119 cm³/mol. The average Bonchev–Trinajstić information content (AvgIpc) is 3.10. The van der Waals surface area contributed by atoms with Crippen LogP contribution < -0.4 is 10.2 Å². The van der Waals surface area contributed by atoms with Crippen LogP contribution in [0, 0.1) is 0 Å². The quantitative estimate of drug-likeness (QED) is 0.380. The van der Waals surface area contributed by atoms with E-state index in [9.17, 15) is 0 Å². The maximum Gasteiger partial charge on any atom is 0.193 e. The van der Waals surface area contributed by atoms with E-state index in [1.165, 1.54) is 4.88 Å². The number of guanidine groups is 1. The maximum atomic E-state index is 4.77. The van der Waals surface area contributed by atoms with Gasteiger partial charge in [-0.05, 0) is 42.5 Å². The van der Waals surface area contributed by atoms with Crippen LogP contribution in [0.1, 0.15) is 17.4 Å². The van der Waals surface area contributed by atoms with Gasteiger partial charge in [0.2, 0.25) is 0 Å². The van der Waals surface area contributed by atoms with Gasteiger partial charge in [0, 0.05) is 45.3 Å². The zero-order valence-electron chi connectivity index (χ0n) is 15.4. The van der Waals surface area contributed by atoms with Gasteiger partial charge in [-0.3, -0.25) is 0 Å². The van der Waals surface area contributed by atoms with Gasteiger partial charge in [0.1, 0.15) is 5.82 Å². The second-order valence-electron chi connectivity index (χ2n) is 5.84. The van der Waals surface area contributed by atoms with Crippen molar-refractivity contribution in [2.24, 2.45) is 4.99 Å². The molecule has 5 nitrogen and oxygen atoms in total. The fraction of sp³-hybridized carbons (Fsp3) is 0.444. The van der Waals surface area contributed by atoms with Crippen LogP contribution in [-0.4, -0.2) is 50.1 Å². The number of hydrogen-bond acceptors (Lipinski definition) is 4. The summed E-state index contributed by atoms with van der Waals surface area (Å²) in [5.74, 6) is 1.90. The van der Waals surface area contributed by atoms with Gasteiger partial charge in [-0.2, -0.15) is 0 Å². The zero-order valence-corrected chi connectivity index (χ0v) is 18.5. The molecule has 0 atom stereocenters. The topological polar surface area (TPSA) is 43.8 Å². The van der Waals surface area contributed by atoms with Crippen LogP contribution in [0.15, 0.2) is 40.8 Å². The highest BCUT2D eigenvalue weighted by Gasteiger charge is 2.07. The number of pyridine rings is 1. The van der Waals surface area contributed by atoms with Crippen LogP contribution in [0.3, 0.4) is 0 Å². The summed E-state index contributed by atoms with van der Waals surface area (Å²) < 4.78 is 0. The first-order chi connectivity index (χ1) is 11.6. The first-order valence-corrected chi connectivity index (χ1v) is 9.12. The van der Waals surface area contributed by atoms with Crippen LogP contribution >= 0.6 is 35.3 Å². The Morgan fingerprint density at radius 3 is 2.72 bits per heavy atom. The third-order valence-corrected chi connectivity index (χ3v) is 4.59. The number of aromatic nitrogens is 1. The van der Waals surface area contributed by atoms with Crippen molar-refractivity contribution in [1.29, 1.82) is 0 Å². The van der Waals surface area contributed by atoms with Crippen LogP contribution in [0.4, 0.5) is 5.82 Å². The van der Waals surface area contributed by atoms with Crippen molar-refractivity contribution in [3.05, 3.63) is 46.3 Å². The highest BCUT2D eigenvalue weighted by atomic mass is 127. The van der Waals surface area contributed by atoms with E-state index in [0.29, 0.717) is 6.54 Å². The molecule has 1 N–H and O–H groups in total. The van der Waals surface area contributed by atoms with E-state index in [-0.39, 0.29) is 24.0 Å². The number of thiophene rings is 1. The molecule has 0 saturated carbocycles. The Labute approximate surface area is 172 Å². The minimum absolute atomic E-state index is 0. The van der Waals surface area contributed by atoms with E-state index < -0.39 is 0 Å². The third kappa shape index (κ3) is 7.19. The van der Waals surface area contributed by atoms with Crippen molar-refractivity contribution in [2.75, 3.05) is 39.1 Å². The summed E-state index contributed by atoms with van der Waals surface area (Å²) in [5.41, 5.74) is 1.16. The molecular weight excluding hydrogens is 445 g/mol. The molecule has 0 fully saturated rings. The summed E-state index contributed by atoms with van der Waals surface area (Å²) in [5, 5.41) is 5.50. The first-order valence-electron chi connectivity index (χ1n) is 8.24. The molecule has 25 heavy (non-hydrogen) atoms. The van der Waals surface area contributed by atoms with Gasteiger partial charge < -0.3 is 15.1 Å². The number of halogens is 1. The molecule has 0 aromatic carbocycles. The Morgan fingerprint density at radius 1 is 1.28 bits per heavy atom. The molecule has 2 aromatic rings. The summed E-state index contributed by atoms with van der Waals surface area (Å²) in [6, 6.07) is 8.39. The predicted octanol–water partition coefficient (Wildman–Crippen LogP) is 3.47. The second-order valence-corrected chi connectivity index (χ2v) is 6.87. The minimum Gasteiger partial charge on any atom is -0.363 e. The summed E-state index contributed by atoms with van der Waals surface area (Å²) in [6.07, 6.45) is 2.88. The Balaban J connectivity index is 0.00000312. The van der Waals surface area contributed by atoms with Crippen LogP contribution in [0.2, 0.25) is 0 Å². The van der Waals surface area contributed by atoms with Gasteiger partial charge in [-0.25, -0.2) is 9.98 Å². The number of hydrogen-bond donors (Lipinski definition) is 1. The first kappa shape index (κ1) is 21.7. The van der Waals surface area contributed by atoms with E-state index in [4.69, 9.17) is 4.99 Å². The summed E-state index contributed by atoms with van der Waals surface area (Å²) in [4.78, 5) is 14.7. The fourth-order valence-electron chi connectivity index (χ4n) is 2.28. The number of nitrogens with one attached hydrogen (secondary N) is 1. The van der Waals surface area contributed by atoms with Gasteiger partial charge in [-0.15, -0.1) is 35.3 Å². The van der Waals surface area contributed by atoms with Crippen molar-refractivity contribution in [3.63, 3.8) is 0 Å². The standard InChI is InChI=1S/C18H27N5S.HI/c1-5-19-18(23(4)11-9-16-7-6-12-24-16)21-14-15-8-10-20-17(13-15)22(2)3;/h6-8,10,12-13H,5,9,11,14H2,1-4H3,(H,19,21);1H. The Bertz CT molecular complexity index is 643. The molecule has 0 bridgehead atoms. The van der Waals surface area contributed by atoms with Gasteiger partial charge in [-0.1, -0.05) is 6.07 Å². The van der Waals surface area contributed by atoms with E-state index in [0.717, 1.165) is 36.9 Å². The number of likely N-dealkylation sites (N-methyl/N-ethyl adjacent to an activating group) is 1. The lowest BCUT2D eigenvalue weighted by molar-refractivity contribution is 0.486. The Hall–Kier alpha value is -1.35. The van der Waals surface area contributed by atoms with Crippen molar-refractivity contribution in [1.82, 2.24) is 15.2 Å². The summed E-state index contributed by atoms with van der Waals surface area (Å²) >= 11 is 1.81. The van der Waals surface area contributed by atoms with Crippen LogP contribution in [0.5, 0.6) is 0 Å². The molecule has 0 amide bonds. The lowest BCUT2D eigenvalue weighted by atomic mass is 10.2. The molecule has 0 aliphatic rings. The molecule has 0 unspecified atom stereocenters. The number of rotatable bonds is 7. The largest absolute Gasteiger partial charge is 0.363 e. The molecular formula is C18H28IN5S. The normalized spacial score (nSPS) is 11.0. The maximum absolute atomic E-state index is 4.77.